The maximum absolute atomic E-state index is 8.69. The molecule has 0 bridgehead atoms. The molecule has 0 radical (unpaired) electrons. The summed E-state index contributed by atoms with van der Waals surface area (Å²) in [5, 5.41) is 11.7. The number of nitrogens with two attached hydrogens (primary N) is 1. The molecule has 0 spiro atoms. The lowest BCUT2D eigenvalue weighted by Crippen LogP contribution is -2.15. The van der Waals surface area contributed by atoms with E-state index in [0.717, 1.165) is 5.69 Å². The van der Waals surface area contributed by atoms with Gasteiger partial charge in [-0.2, -0.15) is 0 Å². The van der Waals surface area contributed by atoms with Gasteiger partial charge in [-0.3, -0.25) is 9.97 Å². The average molecular weight is 258 g/mol. The van der Waals surface area contributed by atoms with Crippen molar-refractivity contribution in [3.63, 3.8) is 0 Å². The van der Waals surface area contributed by atoms with Gasteiger partial charge in [0.15, 0.2) is 5.84 Å². The quantitative estimate of drug-likeness (QED) is 0.363. The minimum Gasteiger partial charge on any atom is -0.491 e. The van der Waals surface area contributed by atoms with Crippen LogP contribution in [0.15, 0.2) is 48.0 Å². The van der Waals surface area contributed by atoms with Crippen molar-refractivity contribution in [3.05, 3.63) is 54.1 Å². The van der Waals surface area contributed by atoms with Crippen molar-refractivity contribution in [1.29, 1.82) is 0 Å². The number of nitrogens with zero attached hydrogens (tertiary/aromatic N) is 3. The highest BCUT2D eigenvalue weighted by atomic mass is 16.5. The van der Waals surface area contributed by atoms with Crippen LogP contribution in [0.5, 0.6) is 5.75 Å². The molecular formula is C13H14N4O2. The molecular weight excluding hydrogens is 244 g/mol. The first-order chi connectivity index (χ1) is 9.31. The Morgan fingerprint density at radius 1 is 1.32 bits per heavy atom. The Kier molecular flexibility index (Phi) is 4.28. The van der Waals surface area contributed by atoms with E-state index >= 15 is 0 Å². The average Bonchev–Trinajstić information content (AvgIpc) is 2.48. The summed E-state index contributed by atoms with van der Waals surface area (Å²) in [6.07, 6.45) is 5.50. The minimum absolute atomic E-state index is 0.00441. The third kappa shape index (κ3) is 3.41. The van der Waals surface area contributed by atoms with Crippen LogP contribution in [0.4, 0.5) is 0 Å². The molecule has 0 aliphatic carbocycles. The fourth-order valence-corrected chi connectivity index (χ4v) is 1.57. The Morgan fingerprint density at radius 3 is 2.95 bits per heavy atom. The molecule has 2 aromatic rings. The van der Waals surface area contributed by atoms with Crippen LogP contribution in [0.25, 0.3) is 0 Å². The Hall–Kier alpha value is -2.63. The van der Waals surface area contributed by atoms with Gasteiger partial charge < -0.3 is 15.7 Å². The summed E-state index contributed by atoms with van der Waals surface area (Å²) in [6, 6.07) is 7.35. The van der Waals surface area contributed by atoms with E-state index in [2.05, 4.69) is 15.1 Å². The first-order valence-corrected chi connectivity index (χ1v) is 5.76. The molecule has 0 fully saturated rings. The molecule has 19 heavy (non-hydrogen) atoms. The number of aromatic nitrogens is 2. The van der Waals surface area contributed by atoms with Gasteiger partial charge in [-0.1, -0.05) is 11.2 Å². The molecule has 0 aliphatic heterocycles. The second-order valence-electron chi connectivity index (χ2n) is 3.78. The summed E-state index contributed by atoms with van der Waals surface area (Å²) in [4.78, 5) is 8.15. The van der Waals surface area contributed by atoms with Gasteiger partial charge in [0.05, 0.1) is 18.4 Å². The van der Waals surface area contributed by atoms with Crippen molar-refractivity contribution in [3.8, 4) is 5.75 Å². The fraction of sp³-hybridized carbons (Fsp3) is 0.154. The lowest BCUT2D eigenvalue weighted by Gasteiger charge is -2.09. The van der Waals surface area contributed by atoms with Crippen molar-refractivity contribution in [1.82, 2.24) is 9.97 Å². The first kappa shape index (κ1) is 12.8. The standard InChI is InChI=1S/C13H14N4O2/c14-13(17-18)11-4-7-15-9-12(11)19-8-5-10-3-1-2-6-16-10/h1-4,6-7,9,18H,5,8H2,(H2,14,17). The molecule has 0 atom stereocenters. The van der Waals surface area contributed by atoms with E-state index in [-0.39, 0.29) is 5.84 Å². The zero-order valence-electron chi connectivity index (χ0n) is 10.2. The SMILES string of the molecule is N/C(=N/O)c1ccncc1OCCc1ccccn1. The summed E-state index contributed by atoms with van der Waals surface area (Å²) < 4.78 is 5.59. The van der Waals surface area contributed by atoms with E-state index in [1.54, 1.807) is 18.5 Å². The monoisotopic (exact) mass is 258 g/mol. The third-order valence-electron chi connectivity index (χ3n) is 2.51. The number of oxime groups is 1. The van der Waals surface area contributed by atoms with Gasteiger partial charge in [0.1, 0.15) is 5.75 Å². The van der Waals surface area contributed by atoms with Gasteiger partial charge in [-0.15, -0.1) is 0 Å². The highest BCUT2D eigenvalue weighted by Gasteiger charge is 2.08. The van der Waals surface area contributed by atoms with Crippen LogP contribution >= 0.6 is 0 Å². The maximum atomic E-state index is 8.69. The van der Waals surface area contributed by atoms with Gasteiger partial charge in [-0.25, -0.2) is 0 Å². The molecule has 0 saturated heterocycles. The predicted molar refractivity (Wildman–Crippen MR) is 70.2 cm³/mol. The van der Waals surface area contributed by atoms with Crippen LogP contribution in [-0.4, -0.2) is 27.6 Å². The normalized spacial score (nSPS) is 11.3. The molecule has 2 rings (SSSR count). The van der Waals surface area contributed by atoms with E-state index in [1.165, 1.54) is 6.20 Å². The number of hydrogen-bond donors (Lipinski definition) is 2. The summed E-state index contributed by atoms with van der Waals surface area (Å²) in [5.41, 5.74) is 7.01. The summed E-state index contributed by atoms with van der Waals surface area (Å²) >= 11 is 0. The van der Waals surface area contributed by atoms with E-state index in [9.17, 15) is 0 Å². The van der Waals surface area contributed by atoms with Crippen LogP contribution in [0.3, 0.4) is 0 Å². The van der Waals surface area contributed by atoms with Crippen LogP contribution in [0, 0.1) is 0 Å². The Bertz CT molecular complexity index is 558. The highest BCUT2D eigenvalue weighted by Crippen LogP contribution is 2.16. The van der Waals surface area contributed by atoms with Crippen LogP contribution in [0.2, 0.25) is 0 Å². The zero-order chi connectivity index (χ0) is 13.5. The van der Waals surface area contributed by atoms with E-state index in [1.807, 2.05) is 18.2 Å². The predicted octanol–water partition coefficient (Wildman–Crippen LogP) is 1.19. The van der Waals surface area contributed by atoms with Gasteiger partial charge in [-0.05, 0) is 18.2 Å². The summed E-state index contributed by atoms with van der Waals surface area (Å²) in [6.45, 7) is 0.439. The molecule has 0 aromatic carbocycles. The van der Waals surface area contributed by atoms with E-state index < -0.39 is 0 Å². The molecule has 0 aliphatic rings. The van der Waals surface area contributed by atoms with Crippen molar-refractivity contribution < 1.29 is 9.94 Å². The van der Waals surface area contributed by atoms with Crippen LogP contribution in [-0.2, 0) is 6.42 Å². The van der Waals surface area contributed by atoms with E-state index in [0.29, 0.717) is 24.3 Å². The van der Waals surface area contributed by atoms with Gasteiger partial charge >= 0.3 is 0 Å². The van der Waals surface area contributed by atoms with Crippen molar-refractivity contribution in [2.45, 2.75) is 6.42 Å². The highest BCUT2D eigenvalue weighted by molar-refractivity contribution is 5.99. The van der Waals surface area contributed by atoms with Crippen molar-refractivity contribution in [2.24, 2.45) is 10.9 Å². The lowest BCUT2D eigenvalue weighted by molar-refractivity contribution is 0.312. The molecule has 6 nitrogen and oxygen atoms in total. The Labute approximate surface area is 110 Å². The minimum atomic E-state index is -0.00441. The zero-order valence-corrected chi connectivity index (χ0v) is 10.2. The number of pyridine rings is 2. The second kappa shape index (κ2) is 6.34. The molecule has 2 heterocycles. The molecule has 6 heteroatoms. The van der Waals surface area contributed by atoms with E-state index in [4.69, 9.17) is 15.7 Å². The van der Waals surface area contributed by atoms with Crippen molar-refractivity contribution in [2.75, 3.05) is 6.61 Å². The molecule has 2 aromatic heterocycles. The number of ether oxygens (including phenoxy) is 1. The summed E-state index contributed by atoms with van der Waals surface area (Å²) in [7, 11) is 0. The summed E-state index contributed by atoms with van der Waals surface area (Å²) in [5.74, 6) is 0.476. The lowest BCUT2D eigenvalue weighted by atomic mass is 10.2. The smallest absolute Gasteiger partial charge is 0.173 e. The largest absolute Gasteiger partial charge is 0.491 e. The van der Waals surface area contributed by atoms with Crippen molar-refractivity contribution >= 4 is 5.84 Å². The molecule has 98 valence electrons. The number of hydrogen-bond acceptors (Lipinski definition) is 5. The Morgan fingerprint density at radius 2 is 2.21 bits per heavy atom. The van der Waals surface area contributed by atoms with Gasteiger partial charge in [0.25, 0.3) is 0 Å². The number of rotatable bonds is 5. The molecule has 0 unspecified atom stereocenters. The van der Waals surface area contributed by atoms with Crippen LogP contribution in [0.1, 0.15) is 11.3 Å². The molecule has 3 N–H and O–H groups in total. The molecule has 0 saturated carbocycles. The number of amidine groups is 1. The second-order valence-corrected chi connectivity index (χ2v) is 3.78. The topological polar surface area (TPSA) is 93.6 Å². The Balaban J connectivity index is 2.00. The third-order valence-corrected chi connectivity index (χ3v) is 2.51. The van der Waals surface area contributed by atoms with Crippen LogP contribution < -0.4 is 10.5 Å². The van der Waals surface area contributed by atoms with Gasteiger partial charge in [0.2, 0.25) is 0 Å². The fourth-order valence-electron chi connectivity index (χ4n) is 1.57. The maximum Gasteiger partial charge on any atom is 0.173 e. The molecule has 0 amide bonds. The van der Waals surface area contributed by atoms with Gasteiger partial charge in [0, 0.05) is 24.5 Å². The first-order valence-electron chi connectivity index (χ1n) is 5.76.